The molecule has 1 aliphatic heterocycles. The van der Waals surface area contributed by atoms with Crippen molar-refractivity contribution in [3.63, 3.8) is 0 Å². The van der Waals surface area contributed by atoms with Crippen LogP contribution in [0.25, 0.3) is 0 Å². The molecule has 0 N–H and O–H groups in total. The standard InChI is InChI=1S/C10H21NO4S2/c1-9(2)8-17(14,15)10-4-6-11(7-5-10)16(3,12)13/h9-10H,4-8H2,1-3H3. The highest BCUT2D eigenvalue weighted by Gasteiger charge is 2.32. The van der Waals surface area contributed by atoms with E-state index in [0.717, 1.165) is 6.26 Å². The third kappa shape index (κ3) is 4.22. The van der Waals surface area contributed by atoms with Crippen LogP contribution < -0.4 is 0 Å². The highest BCUT2D eigenvalue weighted by Crippen LogP contribution is 2.21. The zero-order valence-electron chi connectivity index (χ0n) is 10.6. The molecule has 0 aliphatic carbocycles. The van der Waals surface area contributed by atoms with Gasteiger partial charge >= 0.3 is 0 Å². The van der Waals surface area contributed by atoms with E-state index in [1.54, 1.807) is 0 Å². The monoisotopic (exact) mass is 283 g/mol. The first-order valence-electron chi connectivity index (χ1n) is 5.79. The van der Waals surface area contributed by atoms with Gasteiger partial charge in [0.1, 0.15) is 0 Å². The Morgan fingerprint density at radius 3 is 1.94 bits per heavy atom. The summed E-state index contributed by atoms with van der Waals surface area (Å²) < 4.78 is 47.9. The van der Waals surface area contributed by atoms with Crippen LogP contribution in [0.15, 0.2) is 0 Å². The van der Waals surface area contributed by atoms with Crippen LogP contribution in [0.3, 0.4) is 0 Å². The molecule has 0 amide bonds. The second-order valence-electron chi connectivity index (χ2n) is 5.08. The number of piperidine rings is 1. The van der Waals surface area contributed by atoms with Gasteiger partial charge in [-0.3, -0.25) is 0 Å². The van der Waals surface area contributed by atoms with Crippen molar-refractivity contribution < 1.29 is 16.8 Å². The number of hydrogen-bond acceptors (Lipinski definition) is 4. The van der Waals surface area contributed by atoms with Gasteiger partial charge in [0.2, 0.25) is 10.0 Å². The molecular formula is C10H21NO4S2. The van der Waals surface area contributed by atoms with Crippen LogP contribution in [0.1, 0.15) is 26.7 Å². The number of nitrogens with zero attached hydrogens (tertiary/aromatic N) is 1. The number of sulfone groups is 1. The van der Waals surface area contributed by atoms with Crippen molar-refractivity contribution in [1.82, 2.24) is 4.31 Å². The van der Waals surface area contributed by atoms with Gasteiger partial charge in [-0.05, 0) is 18.8 Å². The van der Waals surface area contributed by atoms with E-state index >= 15 is 0 Å². The minimum atomic E-state index is -3.18. The topological polar surface area (TPSA) is 71.5 Å². The summed E-state index contributed by atoms with van der Waals surface area (Å²) >= 11 is 0. The molecule has 0 radical (unpaired) electrons. The van der Waals surface area contributed by atoms with Crippen LogP contribution in [0.4, 0.5) is 0 Å². The molecule has 0 aromatic rings. The highest BCUT2D eigenvalue weighted by molar-refractivity contribution is 7.92. The van der Waals surface area contributed by atoms with E-state index in [-0.39, 0.29) is 16.9 Å². The van der Waals surface area contributed by atoms with Gasteiger partial charge in [0.15, 0.2) is 9.84 Å². The summed E-state index contributed by atoms with van der Waals surface area (Å²) in [5.41, 5.74) is 0. The van der Waals surface area contributed by atoms with E-state index in [2.05, 4.69) is 0 Å². The van der Waals surface area contributed by atoms with Crippen molar-refractivity contribution in [2.24, 2.45) is 5.92 Å². The van der Waals surface area contributed by atoms with Crippen LogP contribution in [-0.4, -0.2) is 51.5 Å². The van der Waals surface area contributed by atoms with Crippen molar-refractivity contribution in [3.8, 4) is 0 Å². The lowest BCUT2D eigenvalue weighted by Gasteiger charge is -2.30. The second-order valence-corrected chi connectivity index (χ2v) is 9.39. The largest absolute Gasteiger partial charge is 0.229 e. The average Bonchev–Trinajstić information content (AvgIpc) is 2.14. The minimum Gasteiger partial charge on any atom is -0.229 e. The van der Waals surface area contributed by atoms with E-state index in [1.807, 2.05) is 13.8 Å². The van der Waals surface area contributed by atoms with Crippen LogP contribution >= 0.6 is 0 Å². The van der Waals surface area contributed by atoms with Gasteiger partial charge in [0.05, 0.1) is 17.3 Å². The Hall–Kier alpha value is -0.140. The molecule has 1 fully saturated rings. The smallest absolute Gasteiger partial charge is 0.211 e. The molecule has 0 atom stereocenters. The third-order valence-corrected chi connectivity index (χ3v) is 6.87. The fourth-order valence-corrected chi connectivity index (χ4v) is 5.13. The fraction of sp³-hybridized carbons (Fsp3) is 1.00. The molecule has 0 saturated carbocycles. The van der Waals surface area contributed by atoms with Gasteiger partial charge in [-0.25, -0.2) is 21.1 Å². The first-order valence-corrected chi connectivity index (χ1v) is 9.36. The molecule has 1 heterocycles. The van der Waals surface area contributed by atoms with Gasteiger partial charge in [0.25, 0.3) is 0 Å². The fourth-order valence-electron chi connectivity index (χ4n) is 2.12. The number of sulfonamides is 1. The zero-order chi connectivity index (χ0) is 13.3. The molecule has 1 saturated heterocycles. The number of hydrogen-bond donors (Lipinski definition) is 0. The molecule has 0 unspecified atom stereocenters. The lowest BCUT2D eigenvalue weighted by Crippen LogP contribution is -2.42. The molecule has 1 aliphatic rings. The molecule has 0 bridgehead atoms. The van der Waals surface area contributed by atoms with Crippen molar-refractivity contribution >= 4 is 19.9 Å². The van der Waals surface area contributed by atoms with Gasteiger partial charge in [-0.15, -0.1) is 0 Å². The molecule has 17 heavy (non-hydrogen) atoms. The van der Waals surface area contributed by atoms with Crippen molar-refractivity contribution in [1.29, 1.82) is 0 Å². The molecule has 5 nitrogen and oxygen atoms in total. The summed E-state index contributed by atoms with van der Waals surface area (Å²) in [7, 11) is -6.25. The lowest BCUT2D eigenvalue weighted by atomic mass is 10.2. The van der Waals surface area contributed by atoms with E-state index in [9.17, 15) is 16.8 Å². The lowest BCUT2D eigenvalue weighted by molar-refractivity contribution is 0.347. The minimum absolute atomic E-state index is 0.118. The van der Waals surface area contributed by atoms with Gasteiger partial charge in [-0.1, -0.05) is 13.8 Å². The normalized spacial score (nSPS) is 20.9. The van der Waals surface area contributed by atoms with Gasteiger partial charge < -0.3 is 0 Å². The molecule has 1 rings (SSSR count). The van der Waals surface area contributed by atoms with Crippen LogP contribution in [0.2, 0.25) is 0 Å². The zero-order valence-corrected chi connectivity index (χ0v) is 12.2. The van der Waals surface area contributed by atoms with Gasteiger partial charge in [0, 0.05) is 13.1 Å². The Bertz CT molecular complexity index is 445. The van der Waals surface area contributed by atoms with Gasteiger partial charge in [-0.2, -0.15) is 0 Å². The van der Waals surface area contributed by atoms with Crippen LogP contribution in [-0.2, 0) is 19.9 Å². The molecular weight excluding hydrogens is 262 g/mol. The Balaban J connectivity index is 2.64. The van der Waals surface area contributed by atoms with Crippen molar-refractivity contribution in [2.45, 2.75) is 31.9 Å². The maximum Gasteiger partial charge on any atom is 0.211 e. The Labute approximate surface area is 104 Å². The Kier molecular flexibility index (Phi) is 4.60. The second kappa shape index (κ2) is 5.24. The molecule has 102 valence electrons. The summed E-state index contributed by atoms with van der Waals surface area (Å²) in [6.45, 7) is 4.40. The molecule has 7 heteroatoms. The van der Waals surface area contributed by atoms with Crippen LogP contribution in [0.5, 0.6) is 0 Å². The van der Waals surface area contributed by atoms with E-state index in [4.69, 9.17) is 0 Å². The van der Waals surface area contributed by atoms with Crippen LogP contribution in [0, 0.1) is 5.92 Å². The maximum absolute atomic E-state index is 12.0. The molecule has 0 aromatic heterocycles. The first kappa shape index (κ1) is 14.9. The number of rotatable bonds is 4. The quantitative estimate of drug-likeness (QED) is 0.752. The summed E-state index contributed by atoms with van der Waals surface area (Å²) in [5, 5.41) is -0.372. The third-order valence-electron chi connectivity index (χ3n) is 2.94. The highest BCUT2D eigenvalue weighted by atomic mass is 32.2. The first-order chi connectivity index (χ1) is 7.63. The molecule has 0 aromatic carbocycles. The predicted octanol–water partition coefficient (Wildman–Crippen LogP) is 0.481. The Morgan fingerprint density at radius 2 is 1.59 bits per heavy atom. The predicted molar refractivity (Wildman–Crippen MR) is 68.1 cm³/mol. The Morgan fingerprint density at radius 1 is 1.12 bits per heavy atom. The molecule has 0 spiro atoms. The van der Waals surface area contributed by atoms with E-state index in [1.165, 1.54) is 4.31 Å². The summed E-state index contributed by atoms with van der Waals surface area (Å²) in [4.78, 5) is 0. The van der Waals surface area contributed by atoms with Crippen molar-refractivity contribution in [2.75, 3.05) is 25.1 Å². The maximum atomic E-state index is 12.0. The van der Waals surface area contributed by atoms with E-state index < -0.39 is 19.9 Å². The van der Waals surface area contributed by atoms with E-state index in [0.29, 0.717) is 25.9 Å². The summed E-state index contributed by atoms with van der Waals surface area (Å²) in [6, 6.07) is 0. The SMILES string of the molecule is CC(C)CS(=O)(=O)C1CCN(S(C)(=O)=O)CC1. The average molecular weight is 283 g/mol. The summed E-state index contributed by atoms with van der Waals surface area (Å²) in [6.07, 6.45) is 2.00. The summed E-state index contributed by atoms with van der Waals surface area (Å²) in [5.74, 6) is 0.309. The van der Waals surface area contributed by atoms with Crippen molar-refractivity contribution in [3.05, 3.63) is 0 Å².